The Hall–Kier alpha value is -1.66. The Balaban J connectivity index is 3.34. The van der Waals surface area contributed by atoms with Crippen molar-refractivity contribution in [3.8, 4) is 0 Å². The van der Waals surface area contributed by atoms with Crippen molar-refractivity contribution in [1.82, 2.24) is 4.31 Å². The minimum atomic E-state index is -3.81. The number of ether oxygens (including phenoxy) is 1. The summed E-state index contributed by atoms with van der Waals surface area (Å²) in [7, 11) is -2.52. The van der Waals surface area contributed by atoms with Gasteiger partial charge in [-0.15, -0.1) is 0 Å². The molecule has 0 spiro atoms. The number of aryl methyl sites for hydroxylation is 1. The van der Waals surface area contributed by atoms with E-state index in [2.05, 4.69) is 0 Å². The second kappa shape index (κ2) is 9.88. The molecule has 26 heavy (non-hydrogen) atoms. The molecule has 0 N–H and O–H groups in total. The van der Waals surface area contributed by atoms with Crippen LogP contribution < -0.4 is 0 Å². The van der Waals surface area contributed by atoms with E-state index in [4.69, 9.17) is 4.74 Å². The summed E-state index contributed by atoms with van der Waals surface area (Å²) in [6, 6.07) is 5.86. The quantitative estimate of drug-likeness (QED) is 0.480. The monoisotopic (exact) mass is 381 g/mol. The molecule has 146 valence electrons. The SMILES string of the molecule is COC(=O)[C@H](CC(C)C)N(CCC=C(C)C)S(=O)(=O)c1ccc(C)cc1. The summed E-state index contributed by atoms with van der Waals surface area (Å²) in [5, 5.41) is 0. The van der Waals surface area contributed by atoms with Crippen molar-refractivity contribution in [2.45, 2.75) is 58.4 Å². The Morgan fingerprint density at radius 3 is 2.23 bits per heavy atom. The van der Waals surface area contributed by atoms with Gasteiger partial charge < -0.3 is 4.74 Å². The number of rotatable bonds is 9. The Bertz CT molecular complexity index is 717. The van der Waals surface area contributed by atoms with Crippen LogP contribution >= 0.6 is 0 Å². The predicted octanol–water partition coefficient (Wildman–Crippen LogP) is 3.93. The first-order chi connectivity index (χ1) is 12.1. The number of nitrogens with zero attached hydrogens (tertiary/aromatic N) is 1. The topological polar surface area (TPSA) is 63.7 Å². The van der Waals surface area contributed by atoms with Crippen molar-refractivity contribution in [3.05, 3.63) is 41.5 Å². The summed E-state index contributed by atoms with van der Waals surface area (Å²) < 4.78 is 32.7. The zero-order valence-corrected chi connectivity index (χ0v) is 17.5. The maximum atomic E-state index is 13.3. The van der Waals surface area contributed by atoms with E-state index in [1.807, 2.05) is 40.7 Å². The fraction of sp³-hybridized carbons (Fsp3) is 0.550. The molecule has 1 rings (SSSR count). The molecule has 0 amide bonds. The van der Waals surface area contributed by atoms with Gasteiger partial charge in [0.2, 0.25) is 10.0 Å². The van der Waals surface area contributed by atoms with Crippen molar-refractivity contribution in [2.75, 3.05) is 13.7 Å². The molecule has 0 aromatic heterocycles. The smallest absolute Gasteiger partial charge is 0.324 e. The summed E-state index contributed by atoms with van der Waals surface area (Å²) >= 11 is 0. The first-order valence-electron chi connectivity index (χ1n) is 8.89. The minimum Gasteiger partial charge on any atom is -0.468 e. The molecule has 0 saturated heterocycles. The fourth-order valence-electron chi connectivity index (χ4n) is 2.68. The highest BCUT2D eigenvalue weighted by Gasteiger charge is 2.36. The number of sulfonamides is 1. The van der Waals surface area contributed by atoms with Crippen LogP contribution in [-0.4, -0.2) is 38.4 Å². The highest BCUT2D eigenvalue weighted by Crippen LogP contribution is 2.24. The number of hydrogen-bond donors (Lipinski definition) is 0. The fourth-order valence-corrected chi connectivity index (χ4v) is 4.29. The number of carbonyl (C=O) groups is 1. The predicted molar refractivity (Wildman–Crippen MR) is 104 cm³/mol. The number of carbonyl (C=O) groups excluding carboxylic acids is 1. The molecule has 0 unspecified atom stereocenters. The Morgan fingerprint density at radius 1 is 1.19 bits per heavy atom. The maximum Gasteiger partial charge on any atom is 0.324 e. The summed E-state index contributed by atoms with van der Waals surface area (Å²) in [4.78, 5) is 12.6. The maximum absolute atomic E-state index is 13.3. The second-order valence-corrected chi connectivity index (χ2v) is 9.06. The standard InChI is InChI=1S/C20H31NO4S/c1-15(2)8-7-13-21(19(14-16(3)4)20(22)25-6)26(23,24)18-11-9-17(5)10-12-18/h8-12,16,19H,7,13-14H2,1-6H3/t19-/m0/s1. The van der Waals surface area contributed by atoms with E-state index in [9.17, 15) is 13.2 Å². The van der Waals surface area contributed by atoms with Gasteiger partial charge in [-0.1, -0.05) is 43.2 Å². The molecule has 5 nitrogen and oxygen atoms in total. The second-order valence-electron chi connectivity index (χ2n) is 7.17. The largest absolute Gasteiger partial charge is 0.468 e. The molecule has 0 aliphatic heterocycles. The van der Waals surface area contributed by atoms with Crippen molar-refractivity contribution < 1.29 is 17.9 Å². The third-order valence-electron chi connectivity index (χ3n) is 4.05. The van der Waals surface area contributed by atoms with Gasteiger partial charge in [0.05, 0.1) is 12.0 Å². The first-order valence-corrected chi connectivity index (χ1v) is 10.3. The highest BCUT2D eigenvalue weighted by molar-refractivity contribution is 7.89. The molecular formula is C20H31NO4S. The molecule has 1 atom stereocenters. The molecule has 6 heteroatoms. The zero-order chi connectivity index (χ0) is 19.9. The van der Waals surface area contributed by atoms with Gasteiger partial charge in [-0.2, -0.15) is 4.31 Å². The average Bonchev–Trinajstić information content (AvgIpc) is 2.56. The van der Waals surface area contributed by atoms with Crippen molar-refractivity contribution >= 4 is 16.0 Å². The Labute approximate surface area is 158 Å². The lowest BCUT2D eigenvalue weighted by Gasteiger charge is -2.30. The van der Waals surface area contributed by atoms with Crippen molar-refractivity contribution in [1.29, 1.82) is 0 Å². The number of esters is 1. The summed E-state index contributed by atoms with van der Waals surface area (Å²) in [6.45, 7) is 9.98. The molecule has 0 radical (unpaired) electrons. The van der Waals surface area contributed by atoms with Crippen LogP contribution in [0.5, 0.6) is 0 Å². The lowest BCUT2D eigenvalue weighted by molar-refractivity contribution is -0.145. The van der Waals surface area contributed by atoms with E-state index in [0.29, 0.717) is 12.8 Å². The van der Waals surface area contributed by atoms with Gasteiger partial charge in [0.1, 0.15) is 6.04 Å². The van der Waals surface area contributed by atoms with Crippen LogP contribution in [0.4, 0.5) is 0 Å². The van der Waals surface area contributed by atoms with E-state index in [-0.39, 0.29) is 17.4 Å². The van der Waals surface area contributed by atoms with Crippen LogP contribution in [0, 0.1) is 12.8 Å². The van der Waals surface area contributed by atoms with Crippen LogP contribution in [0.15, 0.2) is 40.8 Å². The zero-order valence-electron chi connectivity index (χ0n) is 16.7. The van der Waals surface area contributed by atoms with E-state index >= 15 is 0 Å². The molecule has 0 saturated carbocycles. The van der Waals surface area contributed by atoms with Gasteiger partial charge in [0.15, 0.2) is 0 Å². The number of methoxy groups -OCH3 is 1. The number of benzene rings is 1. The first kappa shape index (κ1) is 22.4. The lowest BCUT2D eigenvalue weighted by Crippen LogP contribution is -2.46. The molecular weight excluding hydrogens is 350 g/mol. The van der Waals surface area contributed by atoms with Crippen LogP contribution in [0.1, 0.15) is 46.1 Å². The Kier molecular flexibility index (Phi) is 8.50. The van der Waals surface area contributed by atoms with Gasteiger partial charge in [-0.25, -0.2) is 8.42 Å². The van der Waals surface area contributed by atoms with Gasteiger partial charge in [0, 0.05) is 6.54 Å². The van der Waals surface area contributed by atoms with Gasteiger partial charge in [-0.05, 0) is 51.7 Å². The average molecular weight is 382 g/mol. The molecule has 0 aliphatic carbocycles. The normalized spacial score (nSPS) is 12.9. The summed E-state index contributed by atoms with van der Waals surface area (Å²) in [5.41, 5.74) is 2.09. The molecule has 0 aliphatic rings. The van der Waals surface area contributed by atoms with Gasteiger partial charge in [-0.3, -0.25) is 4.79 Å². The van der Waals surface area contributed by atoms with Crippen LogP contribution in [-0.2, 0) is 19.6 Å². The summed E-state index contributed by atoms with van der Waals surface area (Å²) in [6.07, 6.45) is 2.92. The molecule has 0 heterocycles. The number of hydrogen-bond acceptors (Lipinski definition) is 4. The molecule has 0 bridgehead atoms. The van der Waals surface area contributed by atoms with Gasteiger partial charge >= 0.3 is 5.97 Å². The van der Waals surface area contributed by atoms with Gasteiger partial charge in [0.25, 0.3) is 0 Å². The third-order valence-corrected chi connectivity index (χ3v) is 5.97. The lowest BCUT2D eigenvalue weighted by atomic mass is 10.0. The van der Waals surface area contributed by atoms with E-state index in [1.54, 1.807) is 24.3 Å². The van der Waals surface area contributed by atoms with E-state index < -0.39 is 22.0 Å². The van der Waals surface area contributed by atoms with Crippen molar-refractivity contribution in [2.24, 2.45) is 5.92 Å². The van der Waals surface area contributed by atoms with Crippen LogP contribution in [0.2, 0.25) is 0 Å². The van der Waals surface area contributed by atoms with E-state index in [0.717, 1.165) is 11.1 Å². The Morgan fingerprint density at radius 2 is 1.77 bits per heavy atom. The third kappa shape index (κ3) is 6.25. The molecule has 1 aromatic carbocycles. The highest BCUT2D eigenvalue weighted by atomic mass is 32.2. The van der Waals surface area contributed by atoms with E-state index in [1.165, 1.54) is 11.4 Å². The van der Waals surface area contributed by atoms with Crippen LogP contribution in [0.3, 0.4) is 0 Å². The molecule has 1 aromatic rings. The summed E-state index contributed by atoms with van der Waals surface area (Å²) in [5.74, 6) is -0.371. The molecule has 0 fully saturated rings. The van der Waals surface area contributed by atoms with Crippen LogP contribution in [0.25, 0.3) is 0 Å². The minimum absolute atomic E-state index is 0.151. The number of allylic oxidation sites excluding steroid dienone is 1. The van der Waals surface area contributed by atoms with Crippen molar-refractivity contribution in [3.63, 3.8) is 0 Å².